The van der Waals surface area contributed by atoms with E-state index in [0.717, 1.165) is 6.07 Å². The summed E-state index contributed by atoms with van der Waals surface area (Å²) in [5.74, 6) is -0.498. The fourth-order valence-corrected chi connectivity index (χ4v) is 4.79. The van der Waals surface area contributed by atoms with Gasteiger partial charge in [0, 0.05) is 23.8 Å². The Morgan fingerprint density at radius 1 is 0.829 bits per heavy atom. The van der Waals surface area contributed by atoms with Gasteiger partial charge in [-0.2, -0.15) is 0 Å². The summed E-state index contributed by atoms with van der Waals surface area (Å²) < 4.78 is 28.4. The number of aromatic hydroxyl groups is 2. The van der Waals surface area contributed by atoms with E-state index in [-0.39, 0.29) is 28.2 Å². The molecule has 0 spiro atoms. The second-order valence-electron chi connectivity index (χ2n) is 9.94. The van der Waals surface area contributed by atoms with Crippen molar-refractivity contribution in [2.24, 2.45) is 0 Å². The van der Waals surface area contributed by atoms with Crippen LogP contribution < -0.4 is 10.2 Å². The molecular formula is C27H30O14. The normalized spacial score (nSPS) is 34.0. The summed E-state index contributed by atoms with van der Waals surface area (Å²) in [7, 11) is 0. The molecule has 3 heterocycles. The first kappa shape index (κ1) is 29.2. The smallest absolute Gasteiger partial charge is 0.229 e. The minimum absolute atomic E-state index is 0.00857. The van der Waals surface area contributed by atoms with Gasteiger partial charge in [0.05, 0.1) is 12.7 Å². The maximum absolute atomic E-state index is 12.8. The Balaban J connectivity index is 1.47. The molecule has 14 heteroatoms. The topological polar surface area (TPSA) is 229 Å². The first-order valence-electron chi connectivity index (χ1n) is 12.7. The van der Waals surface area contributed by atoms with Crippen molar-refractivity contribution in [3.63, 3.8) is 0 Å². The van der Waals surface area contributed by atoms with Gasteiger partial charge in [-0.15, -0.1) is 0 Å². The molecule has 222 valence electrons. The molecule has 41 heavy (non-hydrogen) atoms. The van der Waals surface area contributed by atoms with Gasteiger partial charge in [-0.1, -0.05) is 0 Å². The molecule has 0 aliphatic carbocycles. The van der Waals surface area contributed by atoms with Crippen LogP contribution in [0.15, 0.2) is 51.7 Å². The largest absolute Gasteiger partial charge is 0.508 e. The van der Waals surface area contributed by atoms with Crippen LogP contribution in [0.2, 0.25) is 0 Å². The van der Waals surface area contributed by atoms with Gasteiger partial charge in [0.2, 0.25) is 6.29 Å². The highest BCUT2D eigenvalue weighted by atomic mass is 16.8. The maximum Gasteiger partial charge on any atom is 0.229 e. The summed E-state index contributed by atoms with van der Waals surface area (Å²) in [6.07, 6.45) is -15.3. The molecule has 2 fully saturated rings. The van der Waals surface area contributed by atoms with Crippen LogP contribution in [0.3, 0.4) is 0 Å². The predicted octanol–water partition coefficient (Wildman–Crippen LogP) is -1.10. The maximum atomic E-state index is 12.8. The SMILES string of the molecule is C[C@@H]1O[C@@H](O[C@@H]2C(O)[C@H](O)[C@@H](CO)O[C@H]2Oc2cc(O)c3c(=O)cc(-c4ccc(O)cc4)oc3c2)[C@H](O)[C@H](O)[C@H]1O. The minimum Gasteiger partial charge on any atom is -0.508 e. The number of fused-ring (bicyclic) bond motifs is 1. The number of aliphatic hydroxyl groups is 6. The van der Waals surface area contributed by atoms with E-state index in [9.17, 15) is 45.6 Å². The molecule has 8 N–H and O–H groups in total. The van der Waals surface area contributed by atoms with Crippen LogP contribution in [0.4, 0.5) is 0 Å². The van der Waals surface area contributed by atoms with Crippen LogP contribution in [0.5, 0.6) is 17.2 Å². The fraction of sp³-hybridized carbons (Fsp3) is 0.444. The summed E-state index contributed by atoms with van der Waals surface area (Å²) in [6.45, 7) is 0.704. The standard InChI is InChI=1S/C27H30O14/c1-10-20(32)22(34)24(36)26(37-10)41-25-23(35)21(33)18(9-28)40-27(25)38-13-6-14(30)19-15(31)8-16(39-17(19)7-13)11-2-4-12(29)5-3-11/h2-8,10,18,20-30,32-36H,9H2,1H3/t10-,18+,20-,21+,22+,23?,24+,25+,26-,27+/m0/s1. The highest BCUT2D eigenvalue weighted by molar-refractivity contribution is 5.86. The molecule has 0 saturated carbocycles. The van der Waals surface area contributed by atoms with E-state index >= 15 is 0 Å². The summed E-state index contributed by atoms with van der Waals surface area (Å²) in [6, 6.07) is 9.38. The van der Waals surface area contributed by atoms with E-state index in [1.807, 2.05) is 0 Å². The van der Waals surface area contributed by atoms with Crippen molar-refractivity contribution in [2.75, 3.05) is 6.61 Å². The van der Waals surface area contributed by atoms with Crippen LogP contribution in [0.1, 0.15) is 6.92 Å². The minimum atomic E-state index is -1.76. The highest BCUT2D eigenvalue weighted by Gasteiger charge is 2.50. The van der Waals surface area contributed by atoms with E-state index in [1.54, 1.807) is 0 Å². The van der Waals surface area contributed by atoms with Gasteiger partial charge < -0.3 is 64.2 Å². The van der Waals surface area contributed by atoms with Crippen LogP contribution in [-0.2, 0) is 14.2 Å². The average molecular weight is 579 g/mol. The van der Waals surface area contributed by atoms with Crippen LogP contribution in [0.25, 0.3) is 22.3 Å². The Morgan fingerprint density at radius 3 is 2.22 bits per heavy atom. The zero-order valence-electron chi connectivity index (χ0n) is 21.5. The number of phenolic OH excluding ortho intramolecular Hbond substituents is 2. The third-order valence-electron chi connectivity index (χ3n) is 7.11. The monoisotopic (exact) mass is 578 g/mol. The third-order valence-corrected chi connectivity index (χ3v) is 7.11. The molecule has 14 nitrogen and oxygen atoms in total. The van der Waals surface area contributed by atoms with E-state index in [1.165, 1.54) is 43.3 Å². The van der Waals surface area contributed by atoms with Gasteiger partial charge in [-0.25, -0.2) is 0 Å². The first-order valence-corrected chi connectivity index (χ1v) is 12.7. The molecule has 1 unspecified atom stereocenters. The number of rotatable bonds is 6. The zero-order chi connectivity index (χ0) is 29.6. The number of benzene rings is 2. The molecule has 10 atom stereocenters. The van der Waals surface area contributed by atoms with Crippen molar-refractivity contribution in [1.82, 2.24) is 0 Å². The quantitative estimate of drug-likeness (QED) is 0.174. The number of hydrogen-bond acceptors (Lipinski definition) is 14. The molecule has 0 amide bonds. The first-order chi connectivity index (χ1) is 19.5. The van der Waals surface area contributed by atoms with Gasteiger partial charge in [0.15, 0.2) is 17.8 Å². The highest BCUT2D eigenvalue weighted by Crippen LogP contribution is 2.35. The molecule has 2 aromatic carbocycles. The fourth-order valence-electron chi connectivity index (χ4n) is 4.79. The van der Waals surface area contributed by atoms with E-state index < -0.39 is 79.2 Å². The summed E-state index contributed by atoms with van der Waals surface area (Å²) in [5, 5.41) is 81.4. The summed E-state index contributed by atoms with van der Waals surface area (Å²) in [4.78, 5) is 12.8. The number of hydrogen-bond donors (Lipinski definition) is 8. The second-order valence-corrected chi connectivity index (χ2v) is 9.94. The lowest BCUT2D eigenvalue weighted by molar-refractivity contribution is -0.354. The number of ether oxygens (including phenoxy) is 4. The van der Waals surface area contributed by atoms with Crippen LogP contribution >= 0.6 is 0 Å². The van der Waals surface area contributed by atoms with Crippen molar-refractivity contribution < 1.29 is 64.2 Å². The van der Waals surface area contributed by atoms with E-state index in [2.05, 4.69) is 0 Å². The van der Waals surface area contributed by atoms with Gasteiger partial charge in [0.1, 0.15) is 70.6 Å². The van der Waals surface area contributed by atoms with E-state index in [0.29, 0.717) is 5.56 Å². The van der Waals surface area contributed by atoms with Gasteiger partial charge in [-0.3, -0.25) is 4.79 Å². The average Bonchev–Trinajstić information content (AvgIpc) is 2.94. The van der Waals surface area contributed by atoms with Crippen molar-refractivity contribution in [3.05, 3.63) is 52.7 Å². The third kappa shape index (κ3) is 5.61. The van der Waals surface area contributed by atoms with Gasteiger partial charge >= 0.3 is 0 Å². The molecule has 2 saturated heterocycles. The van der Waals surface area contributed by atoms with Crippen molar-refractivity contribution in [3.8, 4) is 28.6 Å². The Kier molecular flexibility index (Phi) is 8.20. The lowest BCUT2D eigenvalue weighted by Gasteiger charge is -2.45. The Bertz CT molecular complexity index is 1420. The van der Waals surface area contributed by atoms with Crippen molar-refractivity contribution in [2.45, 2.75) is 68.3 Å². The second kappa shape index (κ2) is 11.5. The van der Waals surface area contributed by atoms with Crippen LogP contribution in [-0.4, -0.2) is 109 Å². The molecular weight excluding hydrogens is 548 g/mol. The van der Waals surface area contributed by atoms with E-state index in [4.69, 9.17) is 23.4 Å². The summed E-state index contributed by atoms with van der Waals surface area (Å²) in [5.41, 5.74) is -0.182. The van der Waals surface area contributed by atoms with Crippen LogP contribution in [0, 0.1) is 0 Å². The zero-order valence-corrected chi connectivity index (χ0v) is 21.5. The molecule has 5 rings (SSSR count). The Labute approximate surface area is 231 Å². The number of phenols is 2. The Morgan fingerprint density at radius 2 is 1.54 bits per heavy atom. The molecule has 3 aromatic rings. The van der Waals surface area contributed by atoms with Crippen molar-refractivity contribution in [1.29, 1.82) is 0 Å². The van der Waals surface area contributed by atoms with Gasteiger partial charge in [-0.05, 0) is 31.2 Å². The van der Waals surface area contributed by atoms with Gasteiger partial charge in [0.25, 0.3) is 0 Å². The predicted molar refractivity (Wildman–Crippen MR) is 137 cm³/mol. The lowest BCUT2D eigenvalue weighted by atomic mass is 9.97. The van der Waals surface area contributed by atoms with Crippen molar-refractivity contribution >= 4 is 11.0 Å². The lowest BCUT2D eigenvalue weighted by Crippen LogP contribution is -2.64. The Hall–Kier alpha value is -3.31. The molecule has 0 radical (unpaired) electrons. The number of aliphatic hydroxyl groups excluding tert-OH is 6. The molecule has 0 bridgehead atoms. The molecule has 1 aromatic heterocycles. The summed E-state index contributed by atoms with van der Waals surface area (Å²) >= 11 is 0. The molecule has 2 aliphatic rings. The molecule has 2 aliphatic heterocycles.